The van der Waals surface area contributed by atoms with Crippen LogP contribution in [0.4, 0.5) is 5.69 Å². The van der Waals surface area contributed by atoms with Crippen LogP contribution in [-0.2, 0) is 4.79 Å². The van der Waals surface area contributed by atoms with Crippen molar-refractivity contribution in [1.29, 1.82) is 0 Å². The standard InChI is InChI=1S/C20H23NO4/c1-4-14(3)15-7-5-6-8-18(15)25-12-19(22)21-17-10-9-13(2)11-16(17)20(23)24/h5-11,14H,4,12H2,1-3H3,(H,21,22)(H,23,24)/p-1/t14-/m1/s1. The van der Waals surface area contributed by atoms with Crippen LogP contribution in [0.3, 0.4) is 0 Å². The lowest BCUT2D eigenvalue weighted by molar-refractivity contribution is -0.254. The van der Waals surface area contributed by atoms with Crippen molar-refractivity contribution in [3.63, 3.8) is 0 Å². The van der Waals surface area contributed by atoms with E-state index in [1.54, 1.807) is 19.1 Å². The van der Waals surface area contributed by atoms with Gasteiger partial charge in [0.2, 0.25) is 0 Å². The monoisotopic (exact) mass is 340 g/mol. The summed E-state index contributed by atoms with van der Waals surface area (Å²) in [5, 5.41) is 13.8. The molecule has 0 unspecified atom stereocenters. The van der Waals surface area contributed by atoms with Crippen molar-refractivity contribution in [2.45, 2.75) is 33.1 Å². The molecule has 0 aromatic heterocycles. The minimum Gasteiger partial charge on any atom is -0.545 e. The number of ether oxygens (including phenoxy) is 1. The molecule has 0 heterocycles. The highest BCUT2D eigenvalue weighted by Crippen LogP contribution is 2.28. The number of carbonyl (C=O) groups is 2. The Hall–Kier alpha value is -2.82. The maximum absolute atomic E-state index is 12.1. The number of hydrogen-bond acceptors (Lipinski definition) is 4. The van der Waals surface area contributed by atoms with Crippen molar-refractivity contribution in [2.75, 3.05) is 11.9 Å². The van der Waals surface area contributed by atoms with E-state index < -0.39 is 11.9 Å². The molecular weight excluding hydrogens is 318 g/mol. The van der Waals surface area contributed by atoms with Gasteiger partial charge in [0.1, 0.15) is 5.75 Å². The molecule has 1 atom stereocenters. The molecule has 2 aromatic rings. The highest BCUT2D eigenvalue weighted by Gasteiger charge is 2.12. The molecule has 0 aliphatic carbocycles. The van der Waals surface area contributed by atoms with Crippen LogP contribution in [-0.4, -0.2) is 18.5 Å². The molecule has 0 aliphatic rings. The molecule has 2 rings (SSSR count). The molecule has 25 heavy (non-hydrogen) atoms. The third-order valence-corrected chi connectivity index (χ3v) is 4.09. The number of anilines is 1. The minimum atomic E-state index is -1.33. The Kier molecular flexibility index (Phi) is 6.17. The van der Waals surface area contributed by atoms with E-state index in [9.17, 15) is 14.7 Å². The molecule has 1 amide bonds. The van der Waals surface area contributed by atoms with Gasteiger partial charge in [0, 0.05) is 11.3 Å². The zero-order chi connectivity index (χ0) is 18.4. The Morgan fingerprint density at radius 1 is 1.20 bits per heavy atom. The van der Waals surface area contributed by atoms with Crippen LogP contribution in [0.25, 0.3) is 0 Å². The third kappa shape index (κ3) is 4.83. The van der Waals surface area contributed by atoms with Crippen molar-refractivity contribution in [2.24, 2.45) is 0 Å². The second kappa shape index (κ2) is 8.33. The topological polar surface area (TPSA) is 78.5 Å². The average Bonchev–Trinajstić information content (AvgIpc) is 2.61. The van der Waals surface area contributed by atoms with Crippen molar-refractivity contribution >= 4 is 17.6 Å². The molecule has 0 saturated carbocycles. The zero-order valence-corrected chi connectivity index (χ0v) is 14.7. The summed E-state index contributed by atoms with van der Waals surface area (Å²) in [6.45, 7) is 5.76. The van der Waals surface area contributed by atoms with Gasteiger partial charge in [-0.3, -0.25) is 4.79 Å². The Bertz CT molecular complexity index is 770. The van der Waals surface area contributed by atoms with E-state index in [0.29, 0.717) is 11.7 Å². The average molecular weight is 340 g/mol. The van der Waals surface area contributed by atoms with Gasteiger partial charge in [-0.25, -0.2) is 0 Å². The predicted molar refractivity (Wildman–Crippen MR) is 94.8 cm³/mol. The number of carboxylic acid groups (broad SMARTS) is 1. The maximum Gasteiger partial charge on any atom is 0.262 e. The van der Waals surface area contributed by atoms with Gasteiger partial charge in [0.05, 0.1) is 5.97 Å². The fraction of sp³-hybridized carbons (Fsp3) is 0.300. The second-order valence-corrected chi connectivity index (χ2v) is 6.02. The van der Waals surface area contributed by atoms with E-state index in [-0.39, 0.29) is 17.9 Å². The summed E-state index contributed by atoms with van der Waals surface area (Å²) in [7, 11) is 0. The van der Waals surface area contributed by atoms with Gasteiger partial charge in [-0.05, 0) is 43.0 Å². The van der Waals surface area contributed by atoms with Crippen LogP contribution >= 0.6 is 0 Å². The van der Waals surface area contributed by atoms with E-state index in [4.69, 9.17) is 4.74 Å². The second-order valence-electron chi connectivity index (χ2n) is 6.02. The van der Waals surface area contributed by atoms with E-state index in [0.717, 1.165) is 17.5 Å². The van der Waals surface area contributed by atoms with Crippen molar-refractivity contribution in [1.82, 2.24) is 0 Å². The number of nitrogens with one attached hydrogen (secondary N) is 1. The lowest BCUT2D eigenvalue weighted by atomic mass is 9.98. The zero-order valence-electron chi connectivity index (χ0n) is 14.7. The van der Waals surface area contributed by atoms with Gasteiger partial charge in [-0.1, -0.05) is 43.7 Å². The van der Waals surface area contributed by atoms with Crippen LogP contribution in [0.15, 0.2) is 42.5 Å². The molecule has 0 aliphatic heterocycles. The van der Waals surface area contributed by atoms with Crippen LogP contribution in [0.2, 0.25) is 0 Å². The number of carboxylic acids is 1. The minimum absolute atomic E-state index is 0.0478. The van der Waals surface area contributed by atoms with Gasteiger partial charge in [-0.2, -0.15) is 0 Å². The number of amides is 1. The number of aromatic carboxylic acids is 1. The molecule has 0 spiro atoms. The highest BCUT2D eigenvalue weighted by atomic mass is 16.5. The Morgan fingerprint density at radius 3 is 2.60 bits per heavy atom. The lowest BCUT2D eigenvalue weighted by Crippen LogP contribution is -2.26. The van der Waals surface area contributed by atoms with E-state index in [1.165, 1.54) is 6.07 Å². The Balaban J connectivity index is 2.07. The molecule has 2 aromatic carbocycles. The van der Waals surface area contributed by atoms with Gasteiger partial charge in [0.15, 0.2) is 6.61 Å². The largest absolute Gasteiger partial charge is 0.545 e. The van der Waals surface area contributed by atoms with Crippen LogP contribution in [0.1, 0.15) is 47.7 Å². The maximum atomic E-state index is 12.1. The fourth-order valence-electron chi connectivity index (χ4n) is 2.50. The van der Waals surface area contributed by atoms with Crippen LogP contribution in [0.5, 0.6) is 5.75 Å². The number of hydrogen-bond donors (Lipinski definition) is 1. The molecule has 0 saturated heterocycles. The van der Waals surface area contributed by atoms with Crippen molar-refractivity contribution < 1.29 is 19.4 Å². The molecule has 0 fully saturated rings. The van der Waals surface area contributed by atoms with Gasteiger partial charge in [-0.15, -0.1) is 0 Å². The predicted octanol–water partition coefficient (Wildman–Crippen LogP) is 2.89. The van der Waals surface area contributed by atoms with Crippen LogP contribution in [0, 0.1) is 6.92 Å². The van der Waals surface area contributed by atoms with Crippen molar-refractivity contribution in [3.8, 4) is 5.75 Å². The molecule has 0 bridgehead atoms. The number of aryl methyl sites for hydroxylation is 1. The summed E-state index contributed by atoms with van der Waals surface area (Å²) in [5.41, 5.74) is 1.97. The highest BCUT2D eigenvalue weighted by molar-refractivity contribution is 6.00. The van der Waals surface area contributed by atoms with E-state index in [2.05, 4.69) is 19.2 Å². The van der Waals surface area contributed by atoms with E-state index in [1.807, 2.05) is 24.3 Å². The molecule has 0 radical (unpaired) electrons. The normalized spacial score (nSPS) is 11.6. The summed E-state index contributed by atoms with van der Waals surface area (Å²) >= 11 is 0. The lowest BCUT2D eigenvalue weighted by Gasteiger charge is -2.16. The summed E-state index contributed by atoms with van der Waals surface area (Å²) < 4.78 is 5.64. The van der Waals surface area contributed by atoms with Crippen molar-refractivity contribution in [3.05, 3.63) is 59.2 Å². The van der Waals surface area contributed by atoms with E-state index >= 15 is 0 Å². The molecule has 132 valence electrons. The molecule has 5 nitrogen and oxygen atoms in total. The first kappa shape index (κ1) is 18.5. The van der Waals surface area contributed by atoms with Gasteiger partial charge in [0.25, 0.3) is 5.91 Å². The molecular formula is C20H22NO4-. The number of para-hydroxylation sites is 1. The summed E-state index contributed by atoms with van der Waals surface area (Å²) in [6.07, 6.45) is 0.963. The molecule has 1 N–H and O–H groups in total. The number of benzene rings is 2. The first-order valence-electron chi connectivity index (χ1n) is 8.26. The number of rotatable bonds is 7. The fourth-order valence-corrected chi connectivity index (χ4v) is 2.50. The molecule has 5 heteroatoms. The number of carbonyl (C=O) groups excluding carboxylic acids is 2. The Labute approximate surface area is 147 Å². The summed E-state index contributed by atoms with van der Waals surface area (Å²) in [6, 6.07) is 12.3. The Morgan fingerprint density at radius 2 is 1.92 bits per heavy atom. The third-order valence-electron chi connectivity index (χ3n) is 4.09. The first-order chi connectivity index (χ1) is 11.9. The van der Waals surface area contributed by atoms with Crippen LogP contribution < -0.4 is 15.2 Å². The quantitative estimate of drug-likeness (QED) is 0.840. The SMILES string of the molecule is CC[C@@H](C)c1ccccc1OCC(=O)Nc1ccc(C)cc1C(=O)[O-]. The van der Waals surface area contributed by atoms with Gasteiger partial charge < -0.3 is 20.0 Å². The summed E-state index contributed by atoms with van der Waals surface area (Å²) in [4.78, 5) is 23.3. The summed E-state index contributed by atoms with van der Waals surface area (Å²) in [5.74, 6) is -0.774. The van der Waals surface area contributed by atoms with Gasteiger partial charge >= 0.3 is 0 Å². The first-order valence-corrected chi connectivity index (χ1v) is 8.26. The smallest absolute Gasteiger partial charge is 0.262 e.